The lowest BCUT2D eigenvalue weighted by atomic mass is 10.2. The van der Waals surface area contributed by atoms with Gasteiger partial charge in [0.1, 0.15) is 11.4 Å². The Morgan fingerprint density at radius 2 is 2.00 bits per heavy atom. The minimum Gasteiger partial charge on any atom is -0.308 e. The van der Waals surface area contributed by atoms with Crippen molar-refractivity contribution in [1.82, 2.24) is 15.3 Å². The minimum atomic E-state index is -4.17. The molecule has 1 atom stereocenters. The molecular weight excluding hydrogens is 287 g/mol. The van der Waals surface area contributed by atoms with Gasteiger partial charge in [-0.15, -0.1) is 11.8 Å². The molecule has 0 aliphatic carbocycles. The summed E-state index contributed by atoms with van der Waals surface area (Å²) in [5.41, 5.74) is 0.834. The number of hydrogen-bond acceptors (Lipinski definition) is 4. The average Bonchev–Trinajstić information content (AvgIpc) is 2.37. The molecule has 0 fully saturated rings. The van der Waals surface area contributed by atoms with Crippen molar-refractivity contribution in [3.05, 3.63) is 30.6 Å². The molecule has 0 spiro atoms. The molecule has 1 N–H and O–H groups in total. The molecule has 2 rings (SSSR count). The Hall–Kier alpha value is -1.34. The number of halogens is 3. The van der Waals surface area contributed by atoms with Crippen LogP contribution in [0.1, 0.15) is 6.92 Å². The lowest BCUT2D eigenvalue weighted by Crippen LogP contribution is -2.32. The van der Waals surface area contributed by atoms with Crippen LogP contribution in [0, 0.1) is 0 Å². The first-order valence-electron chi connectivity index (χ1n) is 6.09. The van der Waals surface area contributed by atoms with E-state index in [0.717, 1.165) is 15.9 Å². The molecule has 20 heavy (non-hydrogen) atoms. The Labute approximate surface area is 119 Å². The van der Waals surface area contributed by atoms with Crippen LogP contribution in [0.5, 0.6) is 0 Å². The molecule has 2 aromatic rings. The van der Waals surface area contributed by atoms with Gasteiger partial charge in [-0.2, -0.15) is 13.2 Å². The summed E-state index contributed by atoms with van der Waals surface area (Å²) in [7, 11) is 0. The van der Waals surface area contributed by atoms with E-state index in [1.54, 1.807) is 0 Å². The maximum atomic E-state index is 12.1. The van der Waals surface area contributed by atoms with E-state index in [9.17, 15) is 13.2 Å². The molecule has 7 heteroatoms. The summed E-state index contributed by atoms with van der Waals surface area (Å²) in [6, 6.07) is 7.57. The molecule has 0 saturated heterocycles. The number of thioether (sulfide) groups is 1. The number of benzene rings is 1. The molecular formula is C13H14F3N3S. The van der Waals surface area contributed by atoms with E-state index < -0.39 is 12.7 Å². The second-order valence-electron chi connectivity index (χ2n) is 4.37. The van der Waals surface area contributed by atoms with Crippen molar-refractivity contribution in [3.8, 4) is 0 Å². The van der Waals surface area contributed by atoms with Crippen molar-refractivity contribution < 1.29 is 13.2 Å². The summed E-state index contributed by atoms with van der Waals surface area (Å²) in [6.45, 7) is 1.16. The van der Waals surface area contributed by atoms with Gasteiger partial charge in [0.2, 0.25) is 0 Å². The van der Waals surface area contributed by atoms with Crippen molar-refractivity contribution in [2.45, 2.75) is 23.4 Å². The van der Waals surface area contributed by atoms with Crippen molar-refractivity contribution in [3.63, 3.8) is 0 Å². The van der Waals surface area contributed by atoms with E-state index in [-0.39, 0.29) is 11.8 Å². The molecule has 1 heterocycles. The normalized spacial score (nSPS) is 13.6. The zero-order valence-corrected chi connectivity index (χ0v) is 11.6. The second-order valence-corrected chi connectivity index (χ2v) is 5.80. The molecule has 0 aliphatic rings. The molecule has 3 nitrogen and oxygen atoms in total. The maximum Gasteiger partial charge on any atom is 0.401 e. The van der Waals surface area contributed by atoms with Crippen LogP contribution in [0.15, 0.2) is 35.6 Å². The zero-order chi connectivity index (χ0) is 14.6. The fraction of sp³-hybridized carbons (Fsp3) is 0.385. The third kappa shape index (κ3) is 4.35. The Morgan fingerprint density at radius 1 is 1.25 bits per heavy atom. The molecule has 0 saturated carbocycles. The molecule has 0 amide bonds. The number of rotatable bonds is 5. The number of nitrogens with one attached hydrogen (secondary N) is 1. The van der Waals surface area contributed by atoms with Gasteiger partial charge in [0.15, 0.2) is 0 Å². The Bertz CT molecular complexity index is 569. The quantitative estimate of drug-likeness (QED) is 0.679. The molecule has 0 aliphatic heterocycles. The van der Waals surface area contributed by atoms with Crippen LogP contribution in [0.2, 0.25) is 0 Å². The van der Waals surface area contributed by atoms with Crippen LogP contribution < -0.4 is 5.32 Å². The number of fused-ring (bicyclic) bond motifs is 1. The smallest absolute Gasteiger partial charge is 0.308 e. The van der Waals surface area contributed by atoms with Gasteiger partial charge in [-0.25, -0.2) is 9.97 Å². The van der Waals surface area contributed by atoms with Crippen molar-refractivity contribution in [2.24, 2.45) is 0 Å². The number of hydrogen-bond donors (Lipinski definition) is 1. The van der Waals surface area contributed by atoms with E-state index in [0.29, 0.717) is 0 Å². The van der Waals surface area contributed by atoms with Crippen LogP contribution in [-0.2, 0) is 0 Å². The first kappa shape index (κ1) is 15.1. The fourth-order valence-electron chi connectivity index (χ4n) is 1.72. The highest BCUT2D eigenvalue weighted by molar-refractivity contribution is 8.00. The summed E-state index contributed by atoms with van der Waals surface area (Å²) in [4.78, 5) is 8.36. The van der Waals surface area contributed by atoms with Crippen LogP contribution in [0.4, 0.5) is 13.2 Å². The van der Waals surface area contributed by atoms with Crippen LogP contribution in [-0.4, -0.2) is 34.5 Å². The second kappa shape index (κ2) is 6.41. The van der Waals surface area contributed by atoms with Gasteiger partial charge in [-0.05, 0) is 6.07 Å². The number of aromatic nitrogens is 2. The van der Waals surface area contributed by atoms with E-state index in [2.05, 4.69) is 15.3 Å². The van der Waals surface area contributed by atoms with E-state index in [1.165, 1.54) is 18.1 Å². The summed E-state index contributed by atoms with van der Waals surface area (Å²) in [6.07, 6.45) is -2.70. The van der Waals surface area contributed by atoms with Gasteiger partial charge >= 0.3 is 6.18 Å². The van der Waals surface area contributed by atoms with Crippen molar-refractivity contribution in [2.75, 3.05) is 13.1 Å². The Kier molecular flexibility index (Phi) is 4.82. The molecule has 0 bridgehead atoms. The fourth-order valence-corrected chi connectivity index (χ4v) is 2.71. The first-order chi connectivity index (χ1) is 9.46. The zero-order valence-electron chi connectivity index (χ0n) is 10.8. The highest BCUT2D eigenvalue weighted by Gasteiger charge is 2.26. The van der Waals surface area contributed by atoms with Gasteiger partial charge in [-0.3, -0.25) is 0 Å². The topological polar surface area (TPSA) is 37.8 Å². The lowest BCUT2D eigenvalue weighted by molar-refractivity contribution is -0.124. The van der Waals surface area contributed by atoms with Gasteiger partial charge < -0.3 is 5.32 Å². The summed E-state index contributed by atoms with van der Waals surface area (Å²) >= 11 is 1.44. The SMILES string of the molecule is CC(CNCC(F)(F)F)Sc1ncnc2ccccc12. The Balaban J connectivity index is 1.98. The van der Waals surface area contributed by atoms with Gasteiger partial charge in [-0.1, -0.05) is 25.1 Å². The van der Waals surface area contributed by atoms with E-state index >= 15 is 0 Å². The molecule has 1 aromatic heterocycles. The standard InChI is InChI=1S/C13H14F3N3S/c1-9(6-17-7-13(14,15)16)20-12-10-4-2-3-5-11(10)18-8-19-12/h2-5,8-9,17H,6-7H2,1H3. The number of nitrogens with zero attached hydrogens (tertiary/aromatic N) is 2. The first-order valence-corrected chi connectivity index (χ1v) is 6.97. The van der Waals surface area contributed by atoms with Crippen molar-refractivity contribution in [1.29, 1.82) is 0 Å². The molecule has 108 valence electrons. The predicted octanol–water partition coefficient (Wildman–Crippen LogP) is 3.26. The third-order valence-electron chi connectivity index (χ3n) is 2.58. The largest absolute Gasteiger partial charge is 0.401 e. The predicted molar refractivity (Wildman–Crippen MR) is 73.8 cm³/mol. The van der Waals surface area contributed by atoms with Crippen molar-refractivity contribution >= 4 is 22.7 Å². The van der Waals surface area contributed by atoms with Crippen LogP contribution in [0.25, 0.3) is 10.9 Å². The highest BCUT2D eigenvalue weighted by atomic mass is 32.2. The third-order valence-corrected chi connectivity index (χ3v) is 3.69. The average molecular weight is 301 g/mol. The minimum absolute atomic E-state index is 0.0179. The van der Waals surface area contributed by atoms with Gasteiger partial charge in [0.05, 0.1) is 12.1 Å². The summed E-state index contributed by atoms with van der Waals surface area (Å²) < 4.78 is 36.2. The molecule has 0 radical (unpaired) electrons. The summed E-state index contributed by atoms with van der Waals surface area (Å²) in [5, 5.41) is 4.09. The summed E-state index contributed by atoms with van der Waals surface area (Å²) in [5.74, 6) is 0. The van der Waals surface area contributed by atoms with Crippen LogP contribution >= 0.6 is 11.8 Å². The van der Waals surface area contributed by atoms with Gasteiger partial charge in [0, 0.05) is 17.2 Å². The number of alkyl halides is 3. The van der Waals surface area contributed by atoms with Gasteiger partial charge in [0.25, 0.3) is 0 Å². The molecule has 1 aromatic carbocycles. The van der Waals surface area contributed by atoms with E-state index in [1.807, 2.05) is 31.2 Å². The van der Waals surface area contributed by atoms with Crippen LogP contribution in [0.3, 0.4) is 0 Å². The highest BCUT2D eigenvalue weighted by Crippen LogP contribution is 2.27. The molecule has 1 unspecified atom stereocenters. The Morgan fingerprint density at radius 3 is 2.75 bits per heavy atom. The monoisotopic (exact) mass is 301 g/mol. The lowest BCUT2D eigenvalue weighted by Gasteiger charge is -2.14. The van der Waals surface area contributed by atoms with E-state index in [4.69, 9.17) is 0 Å². The maximum absolute atomic E-state index is 12.1. The number of para-hydroxylation sites is 1.